The summed E-state index contributed by atoms with van der Waals surface area (Å²) in [6.07, 6.45) is 1.36. The standard InChI is InChI=1S/C22H17FN4O5/c23-17-7-9-18(10-8-17)25-21(28)14-32-20-6-1-3-15(11-20)13-24-26-22(29)16-4-2-5-19(12-16)27(30)31/h1-13H,14H2,(H,25,28)(H,26,29)/b24-13+. The number of carbonyl (C=O) groups excluding carboxylic acids is 2. The third-order valence-electron chi connectivity index (χ3n) is 4.05. The molecule has 3 aromatic rings. The van der Waals surface area contributed by atoms with E-state index in [1.54, 1.807) is 24.3 Å². The van der Waals surface area contributed by atoms with Gasteiger partial charge in [0, 0.05) is 23.4 Å². The maximum atomic E-state index is 12.9. The molecule has 10 heteroatoms. The lowest BCUT2D eigenvalue weighted by molar-refractivity contribution is -0.384. The van der Waals surface area contributed by atoms with E-state index in [2.05, 4.69) is 15.8 Å². The van der Waals surface area contributed by atoms with Crippen molar-refractivity contribution in [1.82, 2.24) is 5.43 Å². The molecule has 0 bridgehead atoms. The van der Waals surface area contributed by atoms with Gasteiger partial charge in [-0.3, -0.25) is 19.7 Å². The van der Waals surface area contributed by atoms with Crippen molar-refractivity contribution in [3.8, 4) is 5.75 Å². The fourth-order valence-corrected chi connectivity index (χ4v) is 2.55. The van der Waals surface area contributed by atoms with Crippen LogP contribution in [0.4, 0.5) is 15.8 Å². The van der Waals surface area contributed by atoms with Gasteiger partial charge in [-0.25, -0.2) is 9.82 Å². The van der Waals surface area contributed by atoms with Crippen LogP contribution in [0.3, 0.4) is 0 Å². The molecule has 0 saturated heterocycles. The molecule has 3 aromatic carbocycles. The summed E-state index contributed by atoms with van der Waals surface area (Å²) in [5, 5.41) is 17.2. The molecule has 0 heterocycles. The number of rotatable bonds is 8. The van der Waals surface area contributed by atoms with Crippen molar-refractivity contribution in [1.29, 1.82) is 0 Å². The molecular weight excluding hydrogens is 419 g/mol. The Morgan fingerprint density at radius 1 is 1.06 bits per heavy atom. The molecule has 0 aliphatic heterocycles. The number of halogens is 1. The van der Waals surface area contributed by atoms with E-state index in [0.717, 1.165) is 6.07 Å². The summed E-state index contributed by atoms with van der Waals surface area (Å²) in [4.78, 5) is 34.3. The van der Waals surface area contributed by atoms with Crippen molar-refractivity contribution < 1.29 is 23.6 Å². The Hall–Kier alpha value is -4.60. The molecule has 0 aromatic heterocycles. The predicted octanol–water partition coefficient (Wildman–Crippen LogP) is 3.52. The van der Waals surface area contributed by atoms with E-state index in [1.807, 2.05) is 0 Å². The number of amides is 2. The van der Waals surface area contributed by atoms with Gasteiger partial charge >= 0.3 is 0 Å². The SMILES string of the molecule is O=C(COc1cccc(/C=N/NC(=O)c2cccc([N+](=O)[O-])c2)c1)Nc1ccc(F)cc1. The minimum absolute atomic E-state index is 0.0978. The summed E-state index contributed by atoms with van der Waals surface area (Å²) in [6, 6.07) is 17.2. The molecule has 2 amide bonds. The average Bonchev–Trinajstić information content (AvgIpc) is 2.79. The second-order valence-electron chi connectivity index (χ2n) is 6.42. The topological polar surface area (TPSA) is 123 Å². The molecular formula is C22H17FN4O5. The number of nitro benzene ring substituents is 1. The van der Waals surface area contributed by atoms with Gasteiger partial charge in [0.1, 0.15) is 11.6 Å². The normalized spacial score (nSPS) is 10.5. The summed E-state index contributed by atoms with van der Waals surface area (Å²) in [5.74, 6) is -1.03. The van der Waals surface area contributed by atoms with Crippen LogP contribution in [-0.2, 0) is 4.79 Å². The molecule has 0 atom stereocenters. The van der Waals surface area contributed by atoms with Crippen LogP contribution in [0.15, 0.2) is 77.9 Å². The summed E-state index contributed by atoms with van der Waals surface area (Å²) < 4.78 is 18.3. The number of carbonyl (C=O) groups is 2. The van der Waals surface area contributed by atoms with Gasteiger partial charge < -0.3 is 10.1 Å². The van der Waals surface area contributed by atoms with E-state index in [4.69, 9.17) is 4.74 Å². The van der Waals surface area contributed by atoms with Crippen LogP contribution in [0.1, 0.15) is 15.9 Å². The molecule has 0 fully saturated rings. The Bertz CT molecular complexity index is 1160. The molecule has 0 aliphatic rings. The second kappa shape index (κ2) is 10.4. The van der Waals surface area contributed by atoms with Gasteiger partial charge in [0.15, 0.2) is 6.61 Å². The number of anilines is 1. The number of non-ortho nitro benzene ring substituents is 1. The predicted molar refractivity (Wildman–Crippen MR) is 115 cm³/mol. The lowest BCUT2D eigenvalue weighted by Gasteiger charge is -2.08. The van der Waals surface area contributed by atoms with Crippen LogP contribution in [-0.4, -0.2) is 29.6 Å². The first-order valence-electron chi connectivity index (χ1n) is 9.27. The smallest absolute Gasteiger partial charge is 0.271 e. The van der Waals surface area contributed by atoms with Crippen molar-refractivity contribution in [3.05, 3.63) is 99.9 Å². The molecule has 9 nitrogen and oxygen atoms in total. The minimum Gasteiger partial charge on any atom is -0.484 e. The maximum absolute atomic E-state index is 12.9. The fraction of sp³-hybridized carbons (Fsp3) is 0.0455. The summed E-state index contributed by atoms with van der Waals surface area (Å²) in [7, 11) is 0. The average molecular weight is 436 g/mol. The number of nitrogens with one attached hydrogen (secondary N) is 2. The van der Waals surface area contributed by atoms with Crippen molar-refractivity contribution in [2.45, 2.75) is 0 Å². The number of hydrazone groups is 1. The Balaban J connectivity index is 1.53. The lowest BCUT2D eigenvalue weighted by Crippen LogP contribution is -2.20. The first-order valence-corrected chi connectivity index (χ1v) is 9.27. The monoisotopic (exact) mass is 436 g/mol. The lowest BCUT2D eigenvalue weighted by atomic mass is 10.2. The van der Waals surface area contributed by atoms with Crippen LogP contribution in [0, 0.1) is 15.9 Å². The molecule has 32 heavy (non-hydrogen) atoms. The van der Waals surface area contributed by atoms with Gasteiger partial charge in [-0.05, 0) is 48.0 Å². The van der Waals surface area contributed by atoms with Crippen LogP contribution in [0.2, 0.25) is 0 Å². The maximum Gasteiger partial charge on any atom is 0.271 e. The molecule has 0 saturated carbocycles. The van der Waals surface area contributed by atoms with Crippen molar-refractivity contribution >= 4 is 29.4 Å². The van der Waals surface area contributed by atoms with Gasteiger partial charge in [0.2, 0.25) is 0 Å². The Kier molecular flexibility index (Phi) is 7.20. The molecule has 2 N–H and O–H groups in total. The van der Waals surface area contributed by atoms with E-state index >= 15 is 0 Å². The van der Waals surface area contributed by atoms with Crippen LogP contribution >= 0.6 is 0 Å². The first-order chi connectivity index (χ1) is 15.4. The zero-order valence-electron chi connectivity index (χ0n) is 16.5. The number of benzene rings is 3. The van der Waals surface area contributed by atoms with Gasteiger partial charge in [-0.2, -0.15) is 5.10 Å². The van der Waals surface area contributed by atoms with Crippen molar-refractivity contribution in [2.24, 2.45) is 5.10 Å². The summed E-state index contributed by atoms with van der Waals surface area (Å²) in [5.41, 5.74) is 3.22. The van der Waals surface area contributed by atoms with E-state index in [1.165, 1.54) is 48.7 Å². The third kappa shape index (κ3) is 6.46. The molecule has 0 aliphatic carbocycles. The quantitative estimate of drug-likeness (QED) is 0.318. The minimum atomic E-state index is -0.602. The highest BCUT2D eigenvalue weighted by molar-refractivity contribution is 5.95. The summed E-state index contributed by atoms with van der Waals surface area (Å²) in [6.45, 7) is -0.262. The van der Waals surface area contributed by atoms with Crippen LogP contribution in [0.5, 0.6) is 5.75 Å². The Labute approximate surface area is 181 Å². The van der Waals surface area contributed by atoms with Crippen LogP contribution < -0.4 is 15.5 Å². The third-order valence-corrected chi connectivity index (χ3v) is 4.05. The molecule has 0 unspecified atom stereocenters. The van der Waals surface area contributed by atoms with Gasteiger partial charge in [-0.15, -0.1) is 0 Å². The first kappa shape index (κ1) is 22.1. The molecule has 0 spiro atoms. The number of ether oxygens (including phenoxy) is 1. The largest absolute Gasteiger partial charge is 0.484 e. The van der Waals surface area contributed by atoms with E-state index in [0.29, 0.717) is 17.0 Å². The Morgan fingerprint density at radius 3 is 2.56 bits per heavy atom. The Morgan fingerprint density at radius 2 is 1.81 bits per heavy atom. The van der Waals surface area contributed by atoms with Crippen LogP contribution in [0.25, 0.3) is 0 Å². The number of nitrogens with zero attached hydrogens (tertiary/aromatic N) is 2. The summed E-state index contributed by atoms with van der Waals surface area (Å²) >= 11 is 0. The van der Waals surface area contributed by atoms with Crippen molar-refractivity contribution in [3.63, 3.8) is 0 Å². The van der Waals surface area contributed by atoms with Gasteiger partial charge in [0.05, 0.1) is 11.1 Å². The number of hydrogen-bond donors (Lipinski definition) is 2. The fourth-order valence-electron chi connectivity index (χ4n) is 2.55. The van der Waals surface area contributed by atoms with Crippen molar-refractivity contribution in [2.75, 3.05) is 11.9 Å². The van der Waals surface area contributed by atoms with E-state index in [9.17, 15) is 24.1 Å². The van der Waals surface area contributed by atoms with E-state index < -0.39 is 22.6 Å². The van der Waals surface area contributed by atoms with Gasteiger partial charge in [0.25, 0.3) is 17.5 Å². The molecule has 3 rings (SSSR count). The highest BCUT2D eigenvalue weighted by atomic mass is 19.1. The molecule has 0 radical (unpaired) electrons. The molecule has 162 valence electrons. The zero-order valence-corrected chi connectivity index (χ0v) is 16.5. The van der Waals surface area contributed by atoms with Gasteiger partial charge in [-0.1, -0.05) is 18.2 Å². The highest BCUT2D eigenvalue weighted by Gasteiger charge is 2.10. The second-order valence-corrected chi connectivity index (χ2v) is 6.42. The number of nitro groups is 1. The highest BCUT2D eigenvalue weighted by Crippen LogP contribution is 2.14. The van der Waals surface area contributed by atoms with E-state index in [-0.39, 0.29) is 17.9 Å². The zero-order chi connectivity index (χ0) is 22.9. The number of hydrogen-bond acceptors (Lipinski definition) is 6.